The molecule has 2 aliphatic carbocycles. The van der Waals surface area contributed by atoms with Crippen LogP contribution in [0.25, 0.3) is 0 Å². The molecule has 0 bridgehead atoms. The Kier molecular flexibility index (Phi) is 4.47. The maximum Gasteiger partial charge on any atom is 0.120 e. The van der Waals surface area contributed by atoms with E-state index in [1.807, 2.05) is 0 Å². The molecule has 0 spiro atoms. The second kappa shape index (κ2) is 6.50. The van der Waals surface area contributed by atoms with Crippen LogP contribution in [0.5, 0.6) is 5.75 Å². The standard InChI is InChI=1S/C18H25NO2/c1-2-13-6-9-15(10-7-13)21-16-11-8-14-4-3-5-18(19-20)17(14)12-16/h8,11-13,15,20H,2-7,9-10H2,1H3/b19-18-. The normalized spacial score (nSPS) is 27.4. The predicted molar refractivity (Wildman–Crippen MR) is 84.4 cm³/mol. The van der Waals surface area contributed by atoms with Gasteiger partial charge in [-0.15, -0.1) is 0 Å². The highest BCUT2D eigenvalue weighted by Gasteiger charge is 2.22. The van der Waals surface area contributed by atoms with Crippen molar-refractivity contribution in [3.63, 3.8) is 0 Å². The molecule has 0 radical (unpaired) electrons. The number of fused-ring (bicyclic) bond motifs is 1. The first-order valence-corrected chi connectivity index (χ1v) is 8.31. The molecular formula is C18H25NO2. The van der Waals surface area contributed by atoms with Gasteiger partial charge in [0.05, 0.1) is 11.8 Å². The van der Waals surface area contributed by atoms with Crippen LogP contribution >= 0.6 is 0 Å². The first-order valence-electron chi connectivity index (χ1n) is 8.31. The smallest absolute Gasteiger partial charge is 0.120 e. The van der Waals surface area contributed by atoms with Gasteiger partial charge in [0, 0.05) is 5.56 Å². The van der Waals surface area contributed by atoms with Gasteiger partial charge in [0.2, 0.25) is 0 Å². The molecule has 1 aromatic carbocycles. The summed E-state index contributed by atoms with van der Waals surface area (Å²) in [6, 6.07) is 6.27. The lowest BCUT2D eigenvalue weighted by atomic mass is 9.86. The lowest BCUT2D eigenvalue weighted by Crippen LogP contribution is -2.24. The molecule has 3 nitrogen and oxygen atoms in total. The van der Waals surface area contributed by atoms with Crippen LogP contribution in [-0.2, 0) is 6.42 Å². The zero-order chi connectivity index (χ0) is 14.7. The van der Waals surface area contributed by atoms with Crippen molar-refractivity contribution in [2.24, 2.45) is 11.1 Å². The van der Waals surface area contributed by atoms with E-state index in [4.69, 9.17) is 9.94 Å². The number of hydrogen-bond donors (Lipinski definition) is 1. The number of aryl methyl sites for hydroxylation is 1. The van der Waals surface area contributed by atoms with E-state index in [9.17, 15) is 0 Å². The quantitative estimate of drug-likeness (QED) is 0.654. The van der Waals surface area contributed by atoms with E-state index in [-0.39, 0.29) is 0 Å². The molecule has 2 aliphatic rings. The van der Waals surface area contributed by atoms with Gasteiger partial charge >= 0.3 is 0 Å². The molecule has 0 atom stereocenters. The Morgan fingerprint density at radius 1 is 1.19 bits per heavy atom. The zero-order valence-corrected chi connectivity index (χ0v) is 12.8. The zero-order valence-electron chi connectivity index (χ0n) is 12.8. The van der Waals surface area contributed by atoms with Crippen molar-refractivity contribution in [1.82, 2.24) is 0 Å². The number of ether oxygens (including phenoxy) is 1. The summed E-state index contributed by atoms with van der Waals surface area (Å²) < 4.78 is 6.17. The minimum absolute atomic E-state index is 0.351. The van der Waals surface area contributed by atoms with E-state index in [1.54, 1.807) is 0 Å². The third kappa shape index (κ3) is 3.22. The molecular weight excluding hydrogens is 262 g/mol. The second-order valence-electron chi connectivity index (χ2n) is 6.39. The van der Waals surface area contributed by atoms with Crippen LogP contribution in [-0.4, -0.2) is 17.0 Å². The highest BCUT2D eigenvalue weighted by molar-refractivity contribution is 6.02. The molecule has 0 saturated heterocycles. The monoisotopic (exact) mass is 287 g/mol. The number of benzene rings is 1. The van der Waals surface area contributed by atoms with Gasteiger partial charge in [-0.05, 0) is 68.6 Å². The minimum Gasteiger partial charge on any atom is -0.490 e. The van der Waals surface area contributed by atoms with Crippen molar-refractivity contribution in [3.8, 4) is 5.75 Å². The Hall–Kier alpha value is -1.51. The average molecular weight is 287 g/mol. The topological polar surface area (TPSA) is 41.8 Å². The fraction of sp³-hybridized carbons (Fsp3) is 0.611. The number of hydrogen-bond acceptors (Lipinski definition) is 3. The Morgan fingerprint density at radius 3 is 2.71 bits per heavy atom. The average Bonchev–Trinajstić information content (AvgIpc) is 2.55. The van der Waals surface area contributed by atoms with Gasteiger partial charge in [0.1, 0.15) is 5.75 Å². The van der Waals surface area contributed by atoms with Crippen molar-refractivity contribution in [2.45, 2.75) is 64.4 Å². The van der Waals surface area contributed by atoms with E-state index in [0.29, 0.717) is 6.10 Å². The van der Waals surface area contributed by atoms with Crippen LogP contribution in [0.3, 0.4) is 0 Å². The Labute approximate surface area is 127 Å². The summed E-state index contributed by atoms with van der Waals surface area (Å²) in [6.07, 6.45) is 9.53. The summed E-state index contributed by atoms with van der Waals surface area (Å²) in [5, 5.41) is 12.6. The van der Waals surface area contributed by atoms with Crippen molar-refractivity contribution in [1.29, 1.82) is 0 Å². The highest BCUT2D eigenvalue weighted by atomic mass is 16.5. The summed E-state index contributed by atoms with van der Waals surface area (Å²) in [4.78, 5) is 0. The summed E-state index contributed by atoms with van der Waals surface area (Å²) in [5.41, 5.74) is 3.15. The number of oxime groups is 1. The van der Waals surface area contributed by atoms with E-state index < -0.39 is 0 Å². The first-order chi connectivity index (χ1) is 10.3. The molecule has 114 valence electrons. The lowest BCUT2D eigenvalue weighted by molar-refractivity contribution is 0.130. The summed E-state index contributed by atoms with van der Waals surface area (Å²) in [5.74, 6) is 1.82. The molecule has 1 aromatic rings. The van der Waals surface area contributed by atoms with Crippen molar-refractivity contribution in [2.75, 3.05) is 0 Å². The van der Waals surface area contributed by atoms with Crippen LogP contribution in [0.2, 0.25) is 0 Å². The molecule has 0 heterocycles. The summed E-state index contributed by atoms with van der Waals surface area (Å²) in [6.45, 7) is 2.28. The Balaban J connectivity index is 1.70. The highest BCUT2D eigenvalue weighted by Crippen LogP contribution is 2.31. The molecule has 0 unspecified atom stereocenters. The molecule has 3 rings (SSSR count). The van der Waals surface area contributed by atoms with E-state index in [0.717, 1.165) is 55.0 Å². The van der Waals surface area contributed by atoms with Gasteiger partial charge in [-0.3, -0.25) is 0 Å². The maximum atomic E-state index is 9.15. The fourth-order valence-electron chi connectivity index (χ4n) is 3.65. The molecule has 0 amide bonds. The van der Waals surface area contributed by atoms with Crippen LogP contribution < -0.4 is 4.74 Å². The van der Waals surface area contributed by atoms with Gasteiger partial charge in [0.15, 0.2) is 0 Å². The number of rotatable bonds is 3. The third-order valence-electron chi connectivity index (χ3n) is 5.05. The summed E-state index contributed by atoms with van der Waals surface area (Å²) >= 11 is 0. The number of nitrogens with zero attached hydrogens (tertiary/aromatic N) is 1. The molecule has 0 aromatic heterocycles. The molecule has 1 fully saturated rings. The van der Waals surface area contributed by atoms with Gasteiger partial charge in [0.25, 0.3) is 0 Å². The molecule has 0 aliphatic heterocycles. The fourth-order valence-corrected chi connectivity index (χ4v) is 3.65. The van der Waals surface area contributed by atoms with Gasteiger partial charge < -0.3 is 9.94 Å². The molecule has 1 saturated carbocycles. The van der Waals surface area contributed by atoms with Crippen molar-refractivity contribution < 1.29 is 9.94 Å². The van der Waals surface area contributed by atoms with E-state index >= 15 is 0 Å². The van der Waals surface area contributed by atoms with Crippen LogP contribution in [0, 0.1) is 5.92 Å². The van der Waals surface area contributed by atoms with Crippen LogP contribution in [0.15, 0.2) is 23.4 Å². The van der Waals surface area contributed by atoms with Gasteiger partial charge in [-0.25, -0.2) is 0 Å². The van der Waals surface area contributed by atoms with Crippen LogP contribution in [0.4, 0.5) is 0 Å². The summed E-state index contributed by atoms with van der Waals surface area (Å²) in [7, 11) is 0. The molecule has 1 N–H and O–H groups in total. The third-order valence-corrected chi connectivity index (χ3v) is 5.05. The Bertz CT molecular complexity index is 516. The van der Waals surface area contributed by atoms with Gasteiger partial charge in [-0.2, -0.15) is 0 Å². The van der Waals surface area contributed by atoms with E-state index in [1.165, 1.54) is 24.8 Å². The maximum absolute atomic E-state index is 9.15. The Morgan fingerprint density at radius 2 is 2.00 bits per heavy atom. The van der Waals surface area contributed by atoms with Crippen LogP contribution in [0.1, 0.15) is 63.0 Å². The van der Waals surface area contributed by atoms with E-state index in [2.05, 4.69) is 30.3 Å². The van der Waals surface area contributed by atoms with Crippen molar-refractivity contribution in [3.05, 3.63) is 29.3 Å². The first kappa shape index (κ1) is 14.4. The largest absolute Gasteiger partial charge is 0.490 e. The SMILES string of the molecule is CCC1CCC(Oc2ccc3c(c2)/C(=N\O)CCC3)CC1. The van der Waals surface area contributed by atoms with Crippen molar-refractivity contribution >= 4 is 5.71 Å². The molecule has 3 heteroatoms. The second-order valence-corrected chi connectivity index (χ2v) is 6.39. The lowest BCUT2D eigenvalue weighted by Gasteiger charge is -2.28. The van der Waals surface area contributed by atoms with Gasteiger partial charge in [-0.1, -0.05) is 24.6 Å². The predicted octanol–water partition coefficient (Wildman–Crippen LogP) is 4.55. The molecule has 21 heavy (non-hydrogen) atoms. The minimum atomic E-state index is 0.351.